The molecule has 2 aromatic carbocycles. The van der Waals surface area contributed by atoms with Gasteiger partial charge >= 0.3 is 6.03 Å². The van der Waals surface area contributed by atoms with Gasteiger partial charge in [0.05, 0.1) is 11.6 Å². The van der Waals surface area contributed by atoms with Crippen molar-refractivity contribution in [2.24, 2.45) is 0 Å². The molecule has 0 heterocycles. The van der Waals surface area contributed by atoms with Crippen LogP contribution in [0.2, 0.25) is 5.02 Å². The zero-order chi connectivity index (χ0) is 15.9. The lowest BCUT2D eigenvalue weighted by Gasteiger charge is -2.10. The van der Waals surface area contributed by atoms with E-state index in [2.05, 4.69) is 10.6 Å². The third-order valence-electron chi connectivity index (χ3n) is 2.83. The number of urea groups is 1. The van der Waals surface area contributed by atoms with Crippen LogP contribution in [0.25, 0.3) is 0 Å². The van der Waals surface area contributed by atoms with E-state index in [0.29, 0.717) is 28.6 Å². The molecule has 2 amide bonds. The third-order valence-corrected chi connectivity index (χ3v) is 3.13. The van der Waals surface area contributed by atoms with Crippen LogP contribution < -0.4 is 15.4 Å². The molecule has 0 fully saturated rings. The minimum atomic E-state index is -0.399. The first kappa shape index (κ1) is 16.1. The number of amides is 2. The summed E-state index contributed by atoms with van der Waals surface area (Å²) in [4.78, 5) is 11.8. The quantitative estimate of drug-likeness (QED) is 0.866. The number of hydrogen-bond acceptors (Lipinski definition) is 2. The standard InChI is InChI=1S/C16H16ClFN2O2/c1-2-22-15-7-6-13(9-14(15)17)20-16(21)19-10-11-4-3-5-12(18)8-11/h3-9H,2,10H2,1H3,(H2,19,20,21). The molecule has 0 atom stereocenters. The number of carbonyl (C=O) groups excluding carboxylic acids is 1. The van der Waals surface area contributed by atoms with Gasteiger partial charge in [0, 0.05) is 12.2 Å². The molecule has 2 rings (SSSR count). The summed E-state index contributed by atoms with van der Waals surface area (Å²) in [6.45, 7) is 2.61. The van der Waals surface area contributed by atoms with Crippen molar-refractivity contribution in [3.8, 4) is 5.75 Å². The molecule has 0 unspecified atom stereocenters. The first-order valence-corrected chi connectivity index (χ1v) is 7.18. The molecule has 0 aliphatic carbocycles. The second-order valence-corrected chi connectivity index (χ2v) is 4.92. The van der Waals surface area contributed by atoms with Gasteiger partial charge in [-0.2, -0.15) is 0 Å². The maximum atomic E-state index is 13.0. The van der Waals surface area contributed by atoms with Gasteiger partial charge in [0.2, 0.25) is 0 Å². The highest BCUT2D eigenvalue weighted by Crippen LogP contribution is 2.27. The number of halogens is 2. The lowest BCUT2D eigenvalue weighted by Crippen LogP contribution is -2.28. The fourth-order valence-corrected chi connectivity index (χ4v) is 2.09. The molecule has 2 aromatic rings. The Morgan fingerprint density at radius 3 is 2.77 bits per heavy atom. The number of carbonyl (C=O) groups is 1. The summed E-state index contributed by atoms with van der Waals surface area (Å²) in [5.41, 5.74) is 1.23. The number of ether oxygens (including phenoxy) is 1. The molecule has 0 spiro atoms. The summed E-state index contributed by atoms with van der Waals surface area (Å²) < 4.78 is 18.3. The van der Waals surface area contributed by atoms with Crippen LogP contribution in [-0.2, 0) is 6.54 Å². The first-order valence-electron chi connectivity index (χ1n) is 6.80. The highest BCUT2D eigenvalue weighted by Gasteiger charge is 2.06. The number of benzene rings is 2. The summed E-state index contributed by atoms with van der Waals surface area (Å²) in [5.74, 6) is 0.230. The van der Waals surface area contributed by atoms with E-state index < -0.39 is 6.03 Å². The van der Waals surface area contributed by atoms with Gasteiger partial charge < -0.3 is 15.4 Å². The number of nitrogens with one attached hydrogen (secondary N) is 2. The van der Waals surface area contributed by atoms with Crippen LogP contribution in [0.1, 0.15) is 12.5 Å². The fourth-order valence-electron chi connectivity index (χ4n) is 1.86. The van der Waals surface area contributed by atoms with Gasteiger partial charge in [-0.1, -0.05) is 23.7 Å². The van der Waals surface area contributed by atoms with Gasteiger partial charge in [0.15, 0.2) is 0 Å². The molecule has 0 saturated carbocycles. The molecule has 2 N–H and O–H groups in total. The molecule has 116 valence electrons. The van der Waals surface area contributed by atoms with Gasteiger partial charge in [-0.15, -0.1) is 0 Å². The summed E-state index contributed by atoms with van der Waals surface area (Å²) >= 11 is 6.04. The first-order chi connectivity index (χ1) is 10.6. The second-order valence-electron chi connectivity index (χ2n) is 4.52. The van der Waals surface area contributed by atoms with Gasteiger partial charge in [-0.25, -0.2) is 9.18 Å². The zero-order valence-electron chi connectivity index (χ0n) is 12.0. The normalized spacial score (nSPS) is 10.1. The Morgan fingerprint density at radius 1 is 1.27 bits per heavy atom. The Labute approximate surface area is 133 Å². The predicted octanol–water partition coefficient (Wildman–Crippen LogP) is 4.20. The largest absolute Gasteiger partial charge is 0.492 e. The van der Waals surface area contributed by atoms with E-state index in [-0.39, 0.29) is 12.4 Å². The summed E-state index contributed by atoms with van der Waals surface area (Å²) in [5, 5.41) is 5.72. The molecule has 0 aromatic heterocycles. The van der Waals surface area contributed by atoms with Crippen molar-refractivity contribution >= 4 is 23.3 Å². The van der Waals surface area contributed by atoms with Crippen LogP contribution in [-0.4, -0.2) is 12.6 Å². The predicted molar refractivity (Wildman–Crippen MR) is 84.9 cm³/mol. The molecule has 4 nitrogen and oxygen atoms in total. The van der Waals surface area contributed by atoms with Gasteiger partial charge in [-0.3, -0.25) is 0 Å². The highest BCUT2D eigenvalue weighted by atomic mass is 35.5. The number of hydrogen-bond donors (Lipinski definition) is 2. The van der Waals surface area contributed by atoms with Crippen LogP contribution in [0.15, 0.2) is 42.5 Å². The Morgan fingerprint density at radius 2 is 2.09 bits per heavy atom. The lowest BCUT2D eigenvalue weighted by molar-refractivity contribution is 0.251. The molecular weight excluding hydrogens is 307 g/mol. The summed E-state index contributed by atoms with van der Waals surface area (Å²) in [6, 6.07) is 10.6. The average molecular weight is 323 g/mol. The van der Waals surface area contributed by atoms with E-state index in [1.165, 1.54) is 12.1 Å². The average Bonchev–Trinajstić information content (AvgIpc) is 2.48. The van der Waals surface area contributed by atoms with Crippen molar-refractivity contribution in [3.63, 3.8) is 0 Å². The van der Waals surface area contributed by atoms with Crippen molar-refractivity contribution in [3.05, 3.63) is 58.9 Å². The van der Waals surface area contributed by atoms with Crippen molar-refractivity contribution in [1.29, 1.82) is 0 Å². The zero-order valence-corrected chi connectivity index (χ0v) is 12.8. The Hall–Kier alpha value is -2.27. The van der Waals surface area contributed by atoms with E-state index in [0.717, 1.165) is 0 Å². The minimum Gasteiger partial charge on any atom is -0.492 e. The third kappa shape index (κ3) is 4.63. The lowest BCUT2D eigenvalue weighted by atomic mass is 10.2. The smallest absolute Gasteiger partial charge is 0.319 e. The van der Waals surface area contributed by atoms with E-state index in [9.17, 15) is 9.18 Å². The maximum Gasteiger partial charge on any atom is 0.319 e. The van der Waals surface area contributed by atoms with Crippen molar-refractivity contribution in [1.82, 2.24) is 5.32 Å². The van der Waals surface area contributed by atoms with Crippen LogP contribution in [0.5, 0.6) is 5.75 Å². The Bertz CT molecular complexity index is 664. The molecule has 0 radical (unpaired) electrons. The topological polar surface area (TPSA) is 50.4 Å². The summed E-state index contributed by atoms with van der Waals surface area (Å²) in [7, 11) is 0. The molecule has 22 heavy (non-hydrogen) atoms. The van der Waals surface area contributed by atoms with Gasteiger partial charge in [-0.05, 0) is 42.8 Å². The van der Waals surface area contributed by atoms with Crippen LogP contribution in [0.3, 0.4) is 0 Å². The Kier molecular flexibility index (Phi) is 5.61. The molecule has 0 aliphatic rings. The Balaban J connectivity index is 1.90. The number of rotatable bonds is 5. The second kappa shape index (κ2) is 7.66. The molecule has 6 heteroatoms. The van der Waals surface area contributed by atoms with Gasteiger partial charge in [0.25, 0.3) is 0 Å². The van der Waals surface area contributed by atoms with Gasteiger partial charge in [0.1, 0.15) is 11.6 Å². The van der Waals surface area contributed by atoms with Crippen molar-refractivity contribution in [2.75, 3.05) is 11.9 Å². The molecular formula is C16H16ClFN2O2. The van der Waals surface area contributed by atoms with E-state index in [4.69, 9.17) is 16.3 Å². The van der Waals surface area contributed by atoms with E-state index in [1.807, 2.05) is 6.92 Å². The minimum absolute atomic E-state index is 0.231. The maximum absolute atomic E-state index is 13.0. The van der Waals surface area contributed by atoms with Crippen molar-refractivity contribution in [2.45, 2.75) is 13.5 Å². The van der Waals surface area contributed by atoms with Crippen molar-refractivity contribution < 1.29 is 13.9 Å². The van der Waals surface area contributed by atoms with Crippen LogP contribution in [0, 0.1) is 5.82 Å². The SMILES string of the molecule is CCOc1ccc(NC(=O)NCc2cccc(F)c2)cc1Cl. The van der Waals surface area contributed by atoms with E-state index >= 15 is 0 Å². The highest BCUT2D eigenvalue weighted by molar-refractivity contribution is 6.32. The number of anilines is 1. The summed E-state index contributed by atoms with van der Waals surface area (Å²) in [6.07, 6.45) is 0. The van der Waals surface area contributed by atoms with E-state index in [1.54, 1.807) is 30.3 Å². The molecule has 0 aliphatic heterocycles. The fraction of sp³-hybridized carbons (Fsp3) is 0.188. The van der Waals surface area contributed by atoms with Crippen LogP contribution >= 0.6 is 11.6 Å². The molecule has 0 bridgehead atoms. The monoisotopic (exact) mass is 322 g/mol. The molecule has 0 saturated heterocycles. The van der Waals surface area contributed by atoms with Crippen LogP contribution in [0.4, 0.5) is 14.9 Å².